The Labute approximate surface area is 126 Å². The van der Waals surface area contributed by atoms with Crippen LogP contribution >= 0.6 is 0 Å². The van der Waals surface area contributed by atoms with E-state index in [-0.39, 0.29) is 11.8 Å². The summed E-state index contributed by atoms with van der Waals surface area (Å²) in [7, 11) is 0. The molecule has 6 nitrogen and oxygen atoms in total. The number of morpholine rings is 1. The average Bonchev–Trinajstić information content (AvgIpc) is 2.55. The van der Waals surface area contributed by atoms with Crippen LogP contribution < -0.4 is 11.1 Å². The molecule has 0 aromatic heterocycles. The third-order valence-corrected chi connectivity index (χ3v) is 4.72. The fourth-order valence-corrected chi connectivity index (χ4v) is 3.22. The van der Waals surface area contributed by atoms with Crippen LogP contribution in [0.15, 0.2) is 0 Å². The second-order valence-corrected chi connectivity index (χ2v) is 6.18. The van der Waals surface area contributed by atoms with Gasteiger partial charge in [0.1, 0.15) is 6.04 Å². The molecule has 0 radical (unpaired) electrons. The van der Waals surface area contributed by atoms with Gasteiger partial charge in [0.15, 0.2) is 0 Å². The number of nitrogens with one attached hydrogen (secondary N) is 1. The van der Waals surface area contributed by atoms with Crippen LogP contribution in [-0.4, -0.2) is 55.6 Å². The molecule has 1 aliphatic carbocycles. The van der Waals surface area contributed by atoms with E-state index in [0.717, 1.165) is 32.1 Å². The number of carbonyl (C=O) groups is 2. The number of amides is 2. The van der Waals surface area contributed by atoms with Crippen molar-refractivity contribution in [2.24, 2.45) is 11.1 Å². The van der Waals surface area contributed by atoms with Crippen molar-refractivity contribution in [2.75, 3.05) is 32.8 Å². The summed E-state index contributed by atoms with van der Waals surface area (Å²) >= 11 is 0. The fraction of sp³-hybridized carbons (Fsp3) is 0.867. The molecule has 1 heterocycles. The first-order chi connectivity index (χ1) is 10.1. The molecule has 1 unspecified atom stereocenters. The second-order valence-electron chi connectivity index (χ2n) is 6.18. The van der Waals surface area contributed by atoms with Crippen molar-refractivity contribution in [3.05, 3.63) is 0 Å². The van der Waals surface area contributed by atoms with Gasteiger partial charge >= 0.3 is 0 Å². The van der Waals surface area contributed by atoms with Crippen molar-refractivity contribution in [2.45, 2.75) is 45.1 Å². The molecule has 1 saturated carbocycles. The van der Waals surface area contributed by atoms with E-state index in [1.165, 1.54) is 0 Å². The van der Waals surface area contributed by atoms with Crippen molar-refractivity contribution in [3.8, 4) is 0 Å². The maximum Gasteiger partial charge on any atom is 0.245 e. The largest absolute Gasteiger partial charge is 0.378 e. The highest BCUT2D eigenvalue weighted by Crippen LogP contribution is 2.35. The smallest absolute Gasteiger partial charge is 0.245 e. The predicted octanol–water partition coefficient (Wildman–Crippen LogP) is 0.259. The Morgan fingerprint density at radius 1 is 1.24 bits per heavy atom. The lowest BCUT2D eigenvalue weighted by molar-refractivity contribution is -0.142. The molecule has 2 aliphatic rings. The lowest BCUT2D eigenvalue weighted by atomic mass is 9.73. The molecule has 6 heteroatoms. The van der Waals surface area contributed by atoms with Crippen molar-refractivity contribution in [1.29, 1.82) is 0 Å². The zero-order valence-corrected chi connectivity index (χ0v) is 12.9. The van der Waals surface area contributed by atoms with Gasteiger partial charge in [-0.1, -0.05) is 19.3 Å². The van der Waals surface area contributed by atoms with Crippen molar-refractivity contribution in [3.63, 3.8) is 0 Å². The van der Waals surface area contributed by atoms with Crippen LogP contribution in [0.2, 0.25) is 0 Å². The van der Waals surface area contributed by atoms with E-state index < -0.39 is 11.5 Å². The molecular formula is C15H27N3O3. The summed E-state index contributed by atoms with van der Waals surface area (Å²) in [5.41, 5.74) is 5.39. The molecule has 0 aromatic carbocycles. The molecule has 0 spiro atoms. The van der Waals surface area contributed by atoms with Crippen LogP contribution in [0.4, 0.5) is 0 Å². The SMILES string of the molecule is CC(NC(=O)C1(CN)CCCCC1)C(=O)N1CCOCC1. The van der Waals surface area contributed by atoms with Crippen LogP contribution in [0.5, 0.6) is 0 Å². The Morgan fingerprint density at radius 3 is 2.43 bits per heavy atom. The number of ether oxygens (including phenoxy) is 1. The van der Waals surface area contributed by atoms with Gasteiger partial charge in [-0.3, -0.25) is 9.59 Å². The first-order valence-corrected chi connectivity index (χ1v) is 7.97. The van der Waals surface area contributed by atoms with Gasteiger partial charge in [0.25, 0.3) is 0 Å². The lowest BCUT2D eigenvalue weighted by Crippen LogP contribution is -2.55. The summed E-state index contributed by atoms with van der Waals surface area (Å²) < 4.78 is 5.24. The highest BCUT2D eigenvalue weighted by molar-refractivity contribution is 5.90. The van der Waals surface area contributed by atoms with E-state index in [9.17, 15) is 9.59 Å². The summed E-state index contributed by atoms with van der Waals surface area (Å²) in [5.74, 6) is -0.0894. The van der Waals surface area contributed by atoms with E-state index in [4.69, 9.17) is 10.5 Å². The van der Waals surface area contributed by atoms with E-state index in [1.54, 1.807) is 11.8 Å². The minimum atomic E-state index is -0.499. The molecular weight excluding hydrogens is 270 g/mol. The number of carbonyl (C=O) groups excluding carboxylic acids is 2. The van der Waals surface area contributed by atoms with Crippen LogP contribution in [0.25, 0.3) is 0 Å². The van der Waals surface area contributed by atoms with Crippen molar-refractivity contribution >= 4 is 11.8 Å². The van der Waals surface area contributed by atoms with Crippen molar-refractivity contribution < 1.29 is 14.3 Å². The summed E-state index contributed by atoms with van der Waals surface area (Å²) in [5, 5.41) is 2.89. The van der Waals surface area contributed by atoms with E-state index >= 15 is 0 Å². The maximum atomic E-state index is 12.6. The normalized spacial score (nSPS) is 23.4. The summed E-state index contributed by atoms with van der Waals surface area (Å²) in [6.07, 6.45) is 4.89. The number of nitrogens with two attached hydrogens (primary N) is 1. The highest BCUT2D eigenvalue weighted by Gasteiger charge is 2.39. The molecule has 0 bridgehead atoms. The second kappa shape index (κ2) is 7.22. The number of hydrogen-bond donors (Lipinski definition) is 2. The standard InChI is InChI=1S/C15H27N3O3/c1-12(13(19)18-7-9-21-10-8-18)17-14(20)15(11-16)5-3-2-4-6-15/h12H,2-11,16H2,1H3,(H,17,20). The molecule has 3 N–H and O–H groups in total. The topological polar surface area (TPSA) is 84.7 Å². The van der Waals surface area contributed by atoms with Gasteiger partial charge in [0.2, 0.25) is 11.8 Å². The first kappa shape index (κ1) is 16.2. The fourth-order valence-electron chi connectivity index (χ4n) is 3.22. The predicted molar refractivity (Wildman–Crippen MR) is 79.6 cm³/mol. The van der Waals surface area contributed by atoms with Gasteiger partial charge in [0, 0.05) is 19.6 Å². The summed E-state index contributed by atoms with van der Waals surface area (Å²) in [6, 6.07) is -0.499. The number of hydrogen-bond acceptors (Lipinski definition) is 4. The molecule has 2 fully saturated rings. The minimum Gasteiger partial charge on any atom is -0.378 e. The van der Waals surface area contributed by atoms with Gasteiger partial charge in [-0.25, -0.2) is 0 Å². The third-order valence-electron chi connectivity index (χ3n) is 4.72. The molecule has 2 amide bonds. The monoisotopic (exact) mass is 297 g/mol. The Kier molecular flexibility index (Phi) is 5.58. The Bertz CT molecular complexity index is 374. The van der Waals surface area contributed by atoms with Gasteiger partial charge in [-0.2, -0.15) is 0 Å². The first-order valence-electron chi connectivity index (χ1n) is 7.97. The molecule has 1 saturated heterocycles. The van der Waals surface area contributed by atoms with Gasteiger partial charge in [-0.05, 0) is 19.8 Å². The van der Waals surface area contributed by atoms with Gasteiger partial charge < -0.3 is 20.7 Å². The Morgan fingerprint density at radius 2 is 1.86 bits per heavy atom. The van der Waals surface area contributed by atoms with Crippen molar-refractivity contribution in [1.82, 2.24) is 10.2 Å². The molecule has 21 heavy (non-hydrogen) atoms. The van der Waals surface area contributed by atoms with Crippen LogP contribution in [0.1, 0.15) is 39.0 Å². The van der Waals surface area contributed by atoms with Crippen LogP contribution in [0, 0.1) is 5.41 Å². The Balaban J connectivity index is 1.92. The van der Waals surface area contributed by atoms with Crippen LogP contribution in [0.3, 0.4) is 0 Å². The Hall–Kier alpha value is -1.14. The summed E-state index contributed by atoms with van der Waals surface area (Å²) in [4.78, 5) is 26.7. The van der Waals surface area contributed by atoms with Gasteiger partial charge in [0.05, 0.1) is 18.6 Å². The zero-order valence-electron chi connectivity index (χ0n) is 12.9. The maximum absolute atomic E-state index is 12.6. The molecule has 1 atom stereocenters. The minimum absolute atomic E-state index is 0.0327. The molecule has 0 aromatic rings. The van der Waals surface area contributed by atoms with Crippen LogP contribution in [-0.2, 0) is 14.3 Å². The molecule has 1 aliphatic heterocycles. The summed E-state index contributed by atoms with van der Waals surface area (Å²) in [6.45, 7) is 4.44. The average molecular weight is 297 g/mol. The number of rotatable bonds is 4. The highest BCUT2D eigenvalue weighted by atomic mass is 16.5. The van der Waals surface area contributed by atoms with E-state index in [2.05, 4.69) is 5.32 Å². The third kappa shape index (κ3) is 3.74. The molecule has 120 valence electrons. The van der Waals surface area contributed by atoms with E-state index in [1.807, 2.05) is 0 Å². The lowest BCUT2D eigenvalue weighted by Gasteiger charge is -2.36. The quantitative estimate of drug-likeness (QED) is 0.779. The number of nitrogens with zero attached hydrogens (tertiary/aromatic N) is 1. The van der Waals surface area contributed by atoms with E-state index in [0.29, 0.717) is 32.8 Å². The molecule has 2 rings (SSSR count). The van der Waals surface area contributed by atoms with Gasteiger partial charge in [-0.15, -0.1) is 0 Å². The zero-order chi connectivity index (χ0) is 15.3.